The molecule has 72 valence electrons. The topological polar surface area (TPSA) is 101 Å². The van der Waals surface area contributed by atoms with E-state index < -0.39 is 10.0 Å². The van der Waals surface area contributed by atoms with Crippen molar-refractivity contribution in [2.45, 2.75) is 12.8 Å². The quantitative estimate of drug-likeness (QED) is 0.211. The third kappa shape index (κ3) is 7.45. The van der Waals surface area contributed by atoms with Gasteiger partial charge in [0.1, 0.15) is 0 Å². The third-order valence-corrected chi connectivity index (χ3v) is 1.83. The van der Waals surface area contributed by atoms with E-state index >= 15 is 0 Å². The number of hydrogen-bond acceptors (Lipinski definition) is 4. The fraction of sp³-hybridized carbons (Fsp3) is 0.800. The lowest BCUT2D eigenvalue weighted by Gasteiger charge is -2.00. The first kappa shape index (κ1) is 11.3. The molecule has 6 nitrogen and oxygen atoms in total. The molecule has 0 heterocycles. The van der Waals surface area contributed by atoms with Gasteiger partial charge in [0.15, 0.2) is 0 Å². The Balaban J connectivity index is 3.40. The number of sulfonamides is 1. The number of carbonyl (C=O) groups is 1. The van der Waals surface area contributed by atoms with Crippen molar-refractivity contribution in [3.05, 3.63) is 0 Å². The molecule has 0 saturated heterocycles. The lowest BCUT2D eigenvalue weighted by Crippen LogP contribution is -2.31. The molecule has 0 aromatic rings. The molecule has 7 heteroatoms. The summed E-state index contributed by atoms with van der Waals surface area (Å²) >= 11 is 0. The van der Waals surface area contributed by atoms with Gasteiger partial charge in [-0.05, 0) is 6.42 Å². The van der Waals surface area contributed by atoms with Gasteiger partial charge in [0.05, 0.1) is 6.26 Å². The van der Waals surface area contributed by atoms with Crippen LogP contribution >= 0.6 is 0 Å². The van der Waals surface area contributed by atoms with Crippen molar-refractivity contribution in [2.75, 3.05) is 12.8 Å². The lowest BCUT2D eigenvalue weighted by molar-refractivity contribution is -0.121. The van der Waals surface area contributed by atoms with E-state index in [1.54, 1.807) is 0 Å². The predicted octanol–water partition coefficient (Wildman–Crippen LogP) is -1.69. The number of rotatable bonds is 5. The first-order chi connectivity index (χ1) is 5.45. The Labute approximate surface area is 71.5 Å². The summed E-state index contributed by atoms with van der Waals surface area (Å²) in [6, 6.07) is 0. The van der Waals surface area contributed by atoms with Gasteiger partial charge < -0.3 is 0 Å². The maximum atomic E-state index is 10.5. The van der Waals surface area contributed by atoms with Crippen molar-refractivity contribution in [2.24, 2.45) is 5.84 Å². The number of hydrazine groups is 1. The Kier molecular flexibility index (Phi) is 4.79. The molecule has 0 fully saturated rings. The minimum absolute atomic E-state index is 0.221. The Morgan fingerprint density at radius 3 is 2.50 bits per heavy atom. The molecule has 0 spiro atoms. The van der Waals surface area contributed by atoms with Crippen LogP contribution in [-0.4, -0.2) is 27.1 Å². The van der Waals surface area contributed by atoms with Gasteiger partial charge >= 0.3 is 0 Å². The molecule has 0 aliphatic rings. The van der Waals surface area contributed by atoms with Crippen molar-refractivity contribution in [1.82, 2.24) is 10.1 Å². The van der Waals surface area contributed by atoms with Gasteiger partial charge in [-0.1, -0.05) is 0 Å². The van der Waals surface area contributed by atoms with E-state index in [4.69, 9.17) is 5.84 Å². The normalized spacial score (nSPS) is 11.2. The highest BCUT2D eigenvalue weighted by atomic mass is 32.2. The largest absolute Gasteiger partial charge is 0.294 e. The molecule has 0 aliphatic carbocycles. The molecule has 0 bridgehead atoms. The van der Waals surface area contributed by atoms with Crippen LogP contribution in [0.25, 0.3) is 0 Å². The number of nitrogens with two attached hydrogens (primary N) is 1. The zero-order chi connectivity index (χ0) is 9.61. The van der Waals surface area contributed by atoms with Crippen LogP contribution in [0.3, 0.4) is 0 Å². The minimum atomic E-state index is -3.14. The highest BCUT2D eigenvalue weighted by Gasteiger charge is 2.01. The molecule has 0 aromatic carbocycles. The van der Waals surface area contributed by atoms with Gasteiger partial charge in [0.2, 0.25) is 15.9 Å². The SMILES string of the molecule is CS(=O)(=O)NCCCC(=O)NN. The summed E-state index contributed by atoms with van der Waals surface area (Å²) in [5.74, 6) is 4.50. The second-order valence-electron chi connectivity index (χ2n) is 2.34. The number of nitrogens with one attached hydrogen (secondary N) is 2. The Hall–Kier alpha value is -0.660. The summed E-state index contributed by atoms with van der Waals surface area (Å²) < 4.78 is 23.3. The Morgan fingerprint density at radius 2 is 2.08 bits per heavy atom. The predicted molar refractivity (Wildman–Crippen MR) is 44.4 cm³/mol. The molecule has 0 aromatic heterocycles. The van der Waals surface area contributed by atoms with Crippen LogP contribution in [0.15, 0.2) is 0 Å². The van der Waals surface area contributed by atoms with Crippen molar-refractivity contribution >= 4 is 15.9 Å². The average Bonchev–Trinajstić information content (AvgIpc) is 1.96. The molecule has 0 aliphatic heterocycles. The zero-order valence-electron chi connectivity index (χ0n) is 6.83. The summed E-state index contributed by atoms with van der Waals surface area (Å²) in [5, 5.41) is 0. The van der Waals surface area contributed by atoms with E-state index in [9.17, 15) is 13.2 Å². The Bertz CT molecular complexity index is 236. The van der Waals surface area contributed by atoms with Crippen LogP contribution in [0, 0.1) is 0 Å². The van der Waals surface area contributed by atoms with Gasteiger partial charge in [-0.15, -0.1) is 0 Å². The van der Waals surface area contributed by atoms with Gasteiger partial charge in [0.25, 0.3) is 0 Å². The fourth-order valence-electron chi connectivity index (χ4n) is 0.579. The molecule has 0 saturated carbocycles. The summed E-state index contributed by atoms with van der Waals surface area (Å²) in [7, 11) is -3.14. The molecule has 0 radical (unpaired) electrons. The van der Waals surface area contributed by atoms with Crippen molar-refractivity contribution in [3.63, 3.8) is 0 Å². The van der Waals surface area contributed by atoms with Crippen LogP contribution in [0.5, 0.6) is 0 Å². The first-order valence-electron chi connectivity index (χ1n) is 3.40. The molecule has 12 heavy (non-hydrogen) atoms. The number of carbonyl (C=O) groups excluding carboxylic acids is 1. The summed E-state index contributed by atoms with van der Waals surface area (Å²) in [6.07, 6.45) is 1.73. The fourth-order valence-corrected chi connectivity index (χ4v) is 1.09. The maximum Gasteiger partial charge on any atom is 0.233 e. The van der Waals surface area contributed by atoms with E-state index in [0.29, 0.717) is 6.42 Å². The molecule has 1 amide bonds. The van der Waals surface area contributed by atoms with Crippen LogP contribution in [0.2, 0.25) is 0 Å². The standard InChI is InChI=1S/C5H13N3O3S/c1-12(10,11)7-4-2-3-5(9)8-6/h7H,2-4,6H2,1H3,(H,8,9). The second kappa shape index (κ2) is 5.07. The monoisotopic (exact) mass is 195 g/mol. The molecule has 0 rings (SSSR count). The van der Waals surface area contributed by atoms with Crippen LogP contribution in [-0.2, 0) is 14.8 Å². The highest BCUT2D eigenvalue weighted by molar-refractivity contribution is 7.88. The first-order valence-corrected chi connectivity index (χ1v) is 5.29. The summed E-state index contributed by atoms with van der Waals surface area (Å²) in [6.45, 7) is 0.256. The van der Waals surface area contributed by atoms with Crippen LogP contribution < -0.4 is 16.0 Å². The van der Waals surface area contributed by atoms with E-state index in [1.165, 1.54) is 0 Å². The molecule has 0 atom stereocenters. The number of hydrogen-bond donors (Lipinski definition) is 3. The average molecular weight is 195 g/mol. The molecular formula is C5H13N3O3S. The van der Waals surface area contributed by atoms with Crippen LogP contribution in [0.4, 0.5) is 0 Å². The maximum absolute atomic E-state index is 10.5. The van der Waals surface area contributed by atoms with Crippen LogP contribution in [0.1, 0.15) is 12.8 Å². The molecule has 0 unspecified atom stereocenters. The lowest BCUT2D eigenvalue weighted by atomic mass is 10.3. The smallest absolute Gasteiger partial charge is 0.233 e. The molecule has 4 N–H and O–H groups in total. The van der Waals surface area contributed by atoms with Gasteiger partial charge in [-0.25, -0.2) is 19.0 Å². The zero-order valence-corrected chi connectivity index (χ0v) is 7.65. The Morgan fingerprint density at radius 1 is 1.50 bits per heavy atom. The van der Waals surface area contributed by atoms with Gasteiger partial charge in [-0.2, -0.15) is 0 Å². The summed E-state index contributed by atoms with van der Waals surface area (Å²) in [4.78, 5) is 10.5. The highest BCUT2D eigenvalue weighted by Crippen LogP contribution is 1.86. The van der Waals surface area contributed by atoms with E-state index in [-0.39, 0.29) is 18.9 Å². The second-order valence-corrected chi connectivity index (χ2v) is 4.17. The van der Waals surface area contributed by atoms with Gasteiger partial charge in [-0.3, -0.25) is 10.2 Å². The van der Waals surface area contributed by atoms with Crippen molar-refractivity contribution in [1.29, 1.82) is 0 Å². The van der Waals surface area contributed by atoms with E-state index in [0.717, 1.165) is 6.26 Å². The molecular weight excluding hydrogens is 182 g/mol. The van der Waals surface area contributed by atoms with Crippen molar-refractivity contribution < 1.29 is 13.2 Å². The third-order valence-electron chi connectivity index (χ3n) is 1.11. The van der Waals surface area contributed by atoms with E-state index in [2.05, 4.69) is 4.72 Å². The van der Waals surface area contributed by atoms with Gasteiger partial charge in [0, 0.05) is 13.0 Å². The summed E-state index contributed by atoms with van der Waals surface area (Å²) in [5.41, 5.74) is 1.95. The number of amides is 1. The minimum Gasteiger partial charge on any atom is -0.294 e. The van der Waals surface area contributed by atoms with Crippen molar-refractivity contribution in [3.8, 4) is 0 Å². The van der Waals surface area contributed by atoms with E-state index in [1.807, 2.05) is 5.43 Å².